The molecule has 0 fully saturated rings. The summed E-state index contributed by atoms with van der Waals surface area (Å²) in [6.07, 6.45) is 0. The lowest BCUT2D eigenvalue weighted by molar-refractivity contribution is 0.318. The molecule has 0 atom stereocenters. The fourth-order valence-corrected chi connectivity index (χ4v) is 1.56. The maximum atomic E-state index is 9.61. The highest BCUT2D eigenvalue weighted by atomic mass is 16.4. The van der Waals surface area contributed by atoms with E-state index in [0.29, 0.717) is 10.9 Å². The van der Waals surface area contributed by atoms with Gasteiger partial charge < -0.3 is 16.0 Å². The summed E-state index contributed by atoms with van der Waals surface area (Å²) < 4.78 is 0. The SMILES string of the molecule is N/C(=N/O)c1ccc(O)c2ccccc12. The third kappa shape index (κ3) is 1.46. The maximum Gasteiger partial charge on any atom is 0.170 e. The zero-order chi connectivity index (χ0) is 10.8. The smallest absolute Gasteiger partial charge is 0.170 e. The number of nitrogens with zero attached hydrogens (tertiary/aromatic N) is 1. The predicted octanol–water partition coefficient (Wildman–Crippen LogP) is 1.64. The summed E-state index contributed by atoms with van der Waals surface area (Å²) in [4.78, 5) is 0. The van der Waals surface area contributed by atoms with E-state index in [9.17, 15) is 5.11 Å². The van der Waals surface area contributed by atoms with E-state index in [1.54, 1.807) is 12.1 Å². The van der Waals surface area contributed by atoms with Gasteiger partial charge in [0, 0.05) is 10.9 Å². The summed E-state index contributed by atoms with van der Waals surface area (Å²) in [6, 6.07) is 10.4. The number of fused-ring (bicyclic) bond motifs is 1. The summed E-state index contributed by atoms with van der Waals surface area (Å²) >= 11 is 0. The van der Waals surface area contributed by atoms with Crippen molar-refractivity contribution >= 4 is 16.6 Å². The van der Waals surface area contributed by atoms with Gasteiger partial charge in [0.25, 0.3) is 0 Å². The van der Waals surface area contributed by atoms with Gasteiger partial charge in [0.15, 0.2) is 5.84 Å². The van der Waals surface area contributed by atoms with E-state index >= 15 is 0 Å². The lowest BCUT2D eigenvalue weighted by Gasteiger charge is -2.06. The molecule has 2 aromatic carbocycles. The van der Waals surface area contributed by atoms with Gasteiger partial charge in [0.2, 0.25) is 0 Å². The summed E-state index contributed by atoms with van der Waals surface area (Å²) in [5.74, 6) is 0.214. The highest BCUT2D eigenvalue weighted by Gasteiger charge is 2.07. The van der Waals surface area contributed by atoms with Gasteiger partial charge >= 0.3 is 0 Å². The Kier molecular flexibility index (Phi) is 2.17. The van der Waals surface area contributed by atoms with Crippen LogP contribution < -0.4 is 5.73 Å². The third-order valence-electron chi connectivity index (χ3n) is 2.28. The molecule has 0 spiro atoms. The first-order chi connectivity index (χ1) is 7.24. The van der Waals surface area contributed by atoms with Crippen LogP contribution in [0.1, 0.15) is 5.56 Å². The van der Waals surface area contributed by atoms with Gasteiger partial charge in [-0.3, -0.25) is 0 Å². The number of benzene rings is 2. The second kappa shape index (κ2) is 3.49. The van der Waals surface area contributed by atoms with E-state index in [1.165, 1.54) is 6.07 Å². The fourth-order valence-electron chi connectivity index (χ4n) is 1.56. The molecule has 0 bridgehead atoms. The monoisotopic (exact) mass is 202 g/mol. The Balaban J connectivity index is 2.83. The second-order valence-corrected chi connectivity index (χ2v) is 3.16. The predicted molar refractivity (Wildman–Crippen MR) is 58.1 cm³/mol. The number of hydrogen-bond acceptors (Lipinski definition) is 3. The van der Waals surface area contributed by atoms with Gasteiger partial charge in [-0.25, -0.2) is 0 Å². The van der Waals surface area contributed by atoms with Crippen molar-refractivity contribution in [3.63, 3.8) is 0 Å². The molecule has 0 aliphatic carbocycles. The third-order valence-corrected chi connectivity index (χ3v) is 2.28. The Hall–Kier alpha value is -2.23. The summed E-state index contributed by atoms with van der Waals surface area (Å²) in [6.45, 7) is 0. The molecule has 0 saturated heterocycles. The molecular formula is C11H10N2O2. The minimum atomic E-state index is 0.0335. The number of amidine groups is 1. The molecule has 4 heteroatoms. The number of nitrogens with two attached hydrogens (primary N) is 1. The molecular weight excluding hydrogens is 192 g/mol. The van der Waals surface area contributed by atoms with Crippen LogP contribution in [0.25, 0.3) is 10.8 Å². The lowest BCUT2D eigenvalue weighted by atomic mass is 10.0. The number of phenols is 1. The molecule has 0 radical (unpaired) electrons. The Morgan fingerprint density at radius 1 is 1.07 bits per heavy atom. The molecule has 0 amide bonds. The standard InChI is InChI=1S/C11H10N2O2/c12-11(13-15)9-5-6-10(14)8-4-2-1-3-7(8)9/h1-6,14-15H,(H2,12,13). The molecule has 4 N–H and O–H groups in total. The van der Waals surface area contributed by atoms with E-state index in [-0.39, 0.29) is 11.6 Å². The van der Waals surface area contributed by atoms with E-state index in [4.69, 9.17) is 10.9 Å². The minimum Gasteiger partial charge on any atom is -0.507 e. The van der Waals surface area contributed by atoms with E-state index in [0.717, 1.165) is 5.39 Å². The Morgan fingerprint density at radius 3 is 2.40 bits per heavy atom. The Morgan fingerprint density at radius 2 is 1.73 bits per heavy atom. The average molecular weight is 202 g/mol. The van der Waals surface area contributed by atoms with E-state index in [2.05, 4.69) is 5.16 Å². The Labute approximate surface area is 86.3 Å². The highest BCUT2D eigenvalue weighted by Crippen LogP contribution is 2.27. The van der Waals surface area contributed by atoms with Gasteiger partial charge in [-0.1, -0.05) is 29.4 Å². The number of hydrogen-bond donors (Lipinski definition) is 3. The van der Waals surface area contributed by atoms with Crippen molar-refractivity contribution in [1.82, 2.24) is 0 Å². The van der Waals surface area contributed by atoms with Crippen LogP contribution in [0.3, 0.4) is 0 Å². The first-order valence-electron chi connectivity index (χ1n) is 4.42. The zero-order valence-corrected chi connectivity index (χ0v) is 7.88. The number of oxime groups is 1. The number of phenolic OH excluding ortho intramolecular Hbond substituents is 1. The quantitative estimate of drug-likeness (QED) is 0.284. The molecule has 4 nitrogen and oxygen atoms in total. The topological polar surface area (TPSA) is 78.8 Å². The average Bonchev–Trinajstić information content (AvgIpc) is 2.29. The lowest BCUT2D eigenvalue weighted by Crippen LogP contribution is -2.13. The van der Waals surface area contributed by atoms with Crippen molar-refractivity contribution in [3.8, 4) is 5.75 Å². The minimum absolute atomic E-state index is 0.0335. The number of rotatable bonds is 1. The normalized spacial score (nSPS) is 11.9. The molecule has 0 aromatic heterocycles. The summed E-state index contributed by atoms with van der Waals surface area (Å²) in [5, 5.41) is 22.6. The van der Waals surface area contributed by atoms with Crippen LogP contribution in [-0.2, 0) is 0 Å². The van der Waals surface area contributed by atoms with Crippen molar-refractivity contribution in [3.05, 3.63) is 42.0 Å². The van der Waals surface area contributed by atoms with Crippen molar-refractivity contribution in [1.29, 1.82) is 0 Å². The van der Waals surface area contributed by atoms with Crippen LogP contribution in [0.4, 0.5) is 0 Å². The van der Waals surface area contributed by atoms with Crippen LogP contribution in [0, 0.1) is 0 Å². The molecule has 2 rings (SSSR count). The van der Waals surface area contributed by atoms with Crippen molar-refractivity contribution < 1.29 is 10.3 Å². The molecule has 0 aliphatic rings. The van der Waals surface area contributed by atoms with Gasteiger partial charge in [-0.15, -0.1) is 0 Å². The largest absolute Gasteiger partial charge is 0.507 e. The summed E-state index contributed by atoms with van der Waals surface area (Å²) in [7, 11) is 0. The van der Waals surface area contributed by atoms with Crippen molar-refractivity contribution in [2.24, 2.45) is 10.9 Å². The Bertz CT molecular complexity index is 535. The van der Waals surface area contributed by atoms with E-state index < -0.39 is 0 Å². The first kappa shape index (κ1) is 9.33. The molecule has 0 aliphatic heterocycles. The molecule has 15 heavy (non-hydrogen) atoms. The van der Waals surface area contributed by atoms with Crippen LogP contribution in [0.2, 0.25) is 0 Å². The molecule has 76 valence electrons. The van der Waals surface area contributed by atoms with Crippen molar-refractivity contribution in [2.75, 3.05) is 0 Å². The highest BCUT2D eigenvalue weighted by molar-refractivity contribution is 6.10. The van der Waals surface area contributed by atoms with Crippen LogP contribution >= 0.6 is 0 Å². The van der Waals surface area contributed by atoms with Gasteiger partial charge in [0.1, 0.15) is 5.75 Å². The molecule has 0 unspecified atom stereocenters. The number of aromatic hydroxyl groups is 1. The molecule has 0 heterocycles. The summed E-state index contributed by atoms with van der Waals surface area (Å²) in [5.41, 5.74) is 6.13. The molecule has 0 saturated carbocycles. The fraction of sp³-hybridized carbons (Fsp3) is 0. The van der Waals surface area contributed by atoms with E-state index in [1.807, 2.05) is 18.2 Å². The van der Waals surface area contributed by atoms with Crippen LogP contribution in [0.5, 0.6) is 5.75 Å². The van der Waals surface area contributed by atoms with Gasteiger partial charge in [-0.2, -0.15) is 0 Å². The molecule has 2 aromatic rings. The van der Waals surface area contributed by atoms with Gasteiger partial charge in [0.05, 0.1) is 0 Å². The maximum absolute atomic E-state index is 9.61. The first-order valence-corrected chi connectivity index (χ1v) is 4.42. The zero-order valence-electron chi connectivity index (χ0n) is 7.88. The second-order valence-electron chi connectivity index (χ2n) is 3.16. The van der Waals surface area contributed by atoms with Gasteiger partial charge in [-0.05, 0) is 17.5 Å². The van der Waals surface area contributed by atoms with Crippen LogP contribution in [0.15, 0.2) is 41.6 Å². The van der Waals surface area contributed by atoms with Crippen molar-refractivity contribution in [2.45, 2.75) is 0 Å². The van der Waals surface area contributed by atoms with Crippen LogP contribution in [-0.4, -0.2) is 16.1 Å².